The third-order valence-electron chi connectivity index (χ3n) is 4.60. The van der Waals surface area contributed by atoms with Crippen LogP contribution < -0.4 is 4.31 Å². The van der Waals surface area contributed by atoms with E-state index in [2.05, 4.69) is 10.3 Å². The van der Waals surface area contributed by atoms with Gasteiger partial charge in [0, 0.05) is 11.6 Å². The largest absolute Gasteiger partial charge is 0.264 e. The van der Waals surface area contributed by atoms with E-state index >= 15 is 0 Å². The average molecular weight is 433 g/mol. The molecule has 1 aromatic heterocycles. The van der Waals surface area contributed by atoms with Gasteiger partial charge in [0.1, 0.15) is 0 Å². The third kappa shape index (κ3) is 4.62. The number of aromatic nitrogens is 3. The standard InChI is InChI=1S/C21H25ClN4O2S/c1-4-5-13-26(29(27,28)18-9-7-6-8-10-18)20-12-11-17(22)14-21(20)25-15-19(16(2)3)23-24-25/h6-12,14-16H,4-5,13H2,1-3H3. The summed E-state index contributed by atoms with van der Waals surface area (Å²) in [6, 6.07) is 13.6. The zero-order chi connectivity index (χ0) is 21.0. The number of halogens is 1. The lowest BCUT2D eigenvalue weighted by molar-refractivity contribution is 0.588. The Morgan fingerprint density at radius 3 is 2.48 bits per heavy atom. The number of benzene rings is 2. The van der Waals surface area contributed by atoms with Crippen molar-refractivity contribution >= 4 is 27.3 Å². The van der Waals surface area contributed by atoms with Crippen molar-refractivity contribution in [3.05, 3.63) is 65.4 Å². The zero-order valence-electron chi connectivity index (χ0n) is 16.8. The van der Waals surface area contributed by atoms with E-state index in [1.165, 1.54) is 4.31 Å². The number of unbranched alkanes of at least 4 members (excludes halogenated alkanes) is 1. The average Bonchev–Trinajstić information content (AvgIpc) is 3.20. The Balaban J connectivity index is 2.16. The first-order chi connectivity index (χ1) is 13.8. The van der Waals surface area contributed by atoms with Crippen LogP contribution in [0.25, 0.3) is 5.69 Å². The number of hydrogen-bond acceptors (Lipinski definition) is 4. The van der Waals surface area contributed by atoms with Gasteiger partial charge in [-0.2, -0.15) is 0 Å². The van der Waals surface area contributed by atoms with Crippen LogP contribution in [0.2, 0.25) is 5.02 Å². The van der Waals surface area contributed by atoms with Gasteiger partial charge in [-0.3, -0.25) is 4.31 Å². The third-order valence-corrected chi connectivity index (χ3v) is 6.66. The zero-order valence-corrected chi connectivity index (χ0v) is 18.4. The molecule has 154 valence electrons. The van der Waals surface area contributed by atoms with Crippen LogP contribution >= 0.6 is 11.6 Å². The maximum absolute atomic E-state index is 13.5. The van der Waals surface area contributed by atoms with Crippen LogP contribution in [0.4, 0.5) is 5.69 Å². The second-order valence-corrected chi connectivity index (χ2v) is 9.42. The summed E-state index contributed by atoms with van der Waals surface area (Å²) < 4.78 is 30.0. The van der Waals surface area contributed by atoms with Crippen molar-refractivity contribution in [2.75, 3.05) is 10.8 Å². The topological polar surface area (TPSA) is 68.1 Å². The van der Waals surface area contributed by atoms with E-state index in [0.717, 1.165) is 18.5 Å². The van der Waals surface area contributed by atoms with Gasteiger partial charge in [0.05, 0.1) is 28.2 Å². The Labute approximate surface area is 177 Å². The summed E-state index contributed by atoms with van der Waals surface area (Å²) in [5, 5.41) is 8.92. The summed E-state index contributed by atoms with van der Waals surface area (Å²) in [6.45, 7) is 6.44. The predicted octanol–water partition coefficient (Wildman–Crippen LogP) is 5.04. The molecule has 6 nitrogen and oxygen atoms in total. The van der Waals surface area contributed by atoms with Crippen molar-refractivity contribution in [1.29, 1.82) is 0 Å². The first kappa shape index (κ1) is 21.3. The minimum atomic E-state index is -3.75. The van der Waals surface area contributed by atoms with Crippen LogP contribution in [0.1, 0.15) is 45.2 Å². The molecule has 0 fully saturated rings. The molecule has 0 bridgehead atoms. The van der Waals surface area contributed by atoms with Crippen molar-refractivity contribution in [2.24, 2.45) is 0 Å². The molecule has 0 spiro atoms. The fourth-order valence-corrected chi connectivity index (χ4v) is 4.65. The summed E-state index contributed by atoms with van der Waals surface area (Å²) in [7, 11) is -3.75. The first-order valence-corrected chi connectivity index (χ1v) is 11.5. The predicted molar refractivity (Wildman–Crippen MR) is 116 cm³/mol. The molecule has 0 aliphatic heterocycles. The minimum absolute atomic E-state index is 0.204. The van der Waals surface area contributed by atoms with E-state index in [1.807, 2.05) is 27.0 Å². The number of sulfonamides is 1. The molecule has 0 N–H and O–H groups in total. The Morgan fingerprint density at radius 1 is 1.14 bits per heavy atom. The van der Waals surface area contributed by atoms with Crippen LogP contribution in [-0.2, 0) is 10.0 Å². The molecule has 0 amide bonds. The van der Waals surface area contributed by atoms with Gasteiger partial charge < -0.3 is 0 Å². The Morgan fingerprint density at radius 2 is 1.86 bits per heavy atom. The maximum atomic E-state index is 13.5. The summed E-state index contributed by atoms with van der Waals surface area (Å²) >= 11 is 6.25. The summed E-state index contributed by atoms with van der Waals surface area (Å²) in [4.78, 5) is 0.249. The lowest BCUT2D eigenvalue weighted by atomic mass is 10.1. The van der Waals surface area contributed by atoms with Crippen molar-refractivity contribution < 1.29 is 8.42 Å². The second-order valence-electron chi connectivity index (χ2n) is 7.12. The van der Waals surface area contributed by atoms with Crippen molar-refractivity contribution in [3.8, 4) is 5.69 Å². The fourth-order valence-electron chi connectivity index (χ4n) is 2.94. The van der Waals surface area contributed by atoms with Gasteiger partial charge in [-0.1, -0.05) is 62.2 Å². The Bertz CT molecular complexity index is 1070. The molecule has 0 saturated heterocycles. The highest BCUT2D eigenvalue weighted by molar-refractivity contribution is 7.92. The number of hydrogen-bond donors (Lipinski definition) is 0. The number of anilines is 1. The summed E-state index contributed by atoms with van der Waals surface area (Å²) in [5.74, 6) is 0.204. The molecule has 0 aliphatic carbocycles. The van der Waals surface area contributed by atoms with E-state index in [4.69, 9.17) is 11.6 Å². The van der Waals surface area contributed by atoms with Crippen molar-refractivity contribution in [1.82, 2.24) is 15.0 Å². The quantitative estimate of drug-likeness (QED) is 0.500. The molecular weight excluding hydrogens is 408 g/mol. The van der Waals surface area contributed by atoms with E-state index in [1.54, 1.807) is 53.2 Å². The highest BCUT2D eigenvalue weighted by Crippen LogP contribution is 2.32. The molecule has 0 atom stereocenters. The molecule has 1 heterocycles. The normalized spacial score (nSPS) is 11.8. The number of nitrogens with zero attached hydrogens (tertiary/aromatic N) is 4. The fraction of sp³-hybridized carbons (Fsp3) is 0.333. The highest BCUT2D eigenvalue weighted by atomic mass is 35.5. The molecule has 2 aromatic carbocycles. The van der Waals surface area contributed by atoms with E-state index in [-0.39, 0.29) is 10.8 Å². The smallest absolute Gasteiger partial charge is 0.264 e. The van der Waals surface area contributed by atoms with Crippen LogP contribution in [0, 0.1) is 0 Å². The minimum Gasteiger partial charge on any atom is -0.264 e. The van der Waals surface area contributed by atoms with Gasteiger partial charge in [-0.15, -0.1) is 5.10 Å². The molecule has 0 radical (unpaired) electrons. The molecule has 8 heteroatoms. The maximum Gasteiger partial charge on any atom is 0.264 e. The van der Waals surface area contributed by atoms with Gasteiger partial charge in [0.2, 0.25) is 0 Å². The van der Waals surface area contributed by atoms with Gasteiger partial charge in [-0.25, -0.2) is 13.1 Å². The van der Waals surface area contributed by atoms with E-state index < -0.39 is 10.0 Å². The van der Waals surface area contributed by atoms with Crippen LogP contribution in [-0.4, -0.2) is 30.0 Å². The Kier molecular flexibility index (Phi) is 6.59. The van der Waals surface area contributed by atoms with E-state index in [0.29, 0.717) is 22.9 Å². The molecule has 29 heavy (non-hydrogen) atoms. The van der Waals surface area contributed by atoms with E-state index in [9.17, 15) is 8.42 Å². The van der Waals surface area contributed by atoms with Gasteiger partial charge in [0.15, 0.2) is 0 Å². The highest BCUT2D eigenvalue weighted by Gasteiger charge is 2.27. The summed E-state index contributed by atoms with van der Waals surface area (Å²) in [5.41, 5.74) is 1.92. The molecule has 0 unspecified atom stereocenters. The van der Waals surface area contributed by atoms with Crippen LogP contribution in [0.5, 0.6) is 0 Å². The lowest BCUT2D eigenvalue weighted by Crippen LogP contribution is -2.33. The van der Waals surface area contributed by atoms with Crippen LogP contribution in [0.15, 0.2) is 59.6 Å². The first-order valence-electron chi connectivity index (χ1n) is 9.64. The molecule has 3 aromatic rings. The van der Waals surface area contributed by atoms with Crippen molar-refractivity contribution in [3.63, 3.8) is 0 Å². The molecule has 3 rings (SSSR count). The Hall–Kier alpha value is -2.38. The van der Waals surface area contributed by atoms with Gasteiger partial charge in [-0.05, 0) is 42.7 Å². The number of rotatable bonds is 8. The lowest BCUT2D eigenvalue weighted by Gasteiger charge is -2.26. The molecule has 0 aliphatic rings. The SMILES string of the molecule is CCCCN(c1ccc(Cl)cc1-n1cc(C(C)C)nn1)S(=O)(=O)c1ccccc1. The second kappa shape index (κ2) is 8.97. The monoisotopic (exact) mass is 432 g/mol. The van der Waals surface area contributed by atoms with Crippen molar-refractivity contribution in [2.45, 2.75) is 44.4 Å². The molecule has 0 saturated carbocycles. The van der Waals surface area contributed by atoms with Gasteiger partial charge in [0.25, 0.3) is 10.0 Å². The molecular formula is C21H25ClN4O2S. The van der Waals surface area contributed by atoms with Gasteiger partial charge >= 0.3 is 0 Å². The van der Waals surface area contributed by atoms with Crippen LogP contribution in [0.3, 0.4) is 0 Å². The summed E-state index contributed by atoms with van der Waals surface area (Å²) in [6.07, 6.45) is 3.40.